The lowest BCUT2D eigenvalue weighted by Gasteiger charge is -2.17. The number of amides is 1. The number of allylic oxidation sites excluding steroid dienone is 4. The van der Waals surface area contributed by atoms with Gasteiger partial charge < -0.3 is 25.2 Å². The first-order chi connectivity index (χ1) is 16.6. The van der Waals surface area contributed by atoms with Crippen LogP contribution in [0.25, 0.3) is 0 Å². The number of pyridine rings is 1. The van der Waals surface area contributed by atoms with Gasteiger partial charge in [0.05, 0.1) is 12.7 Å². The fourth-order valence-electron chi connectivity index (χ4n) is 4.46. The number of rotatable bonds is 11. The maximum Gasteiger partial charge on any atom is 0.256 e. The van der Waals surface area contributed by atoms with Crippen LogP contribution in [0.15, 0.2) is 66.8 Å². The van der Waals surface area contributed by atoms with Crippen molar-refractivity contribution in [2.45, 2.75) is 38.5 Å². The Morgan fingerprint density at radius 3 is 2.50 bits per heavy atom. The molecule has 1 fully saturated rings. The van der Waals surface area contributed by atoms with Gasteiger partial charge in [-0.25, -0.2) is 0 Å². The molecule has 0 spiro atoms. The van der Waals surface area contributed by atoms with Crippen LogP contribution in [0.2, 0.25) is 0 Å². The summed E-state index contributed by atoms with van der Waals surface area (Å²) in [5.74, 6) is 1.43. The van der Waals surface area contributed by atoms with Gasteiger partial charge in [0, 0.05) is 25.2 Å². The lowest BCUT2D eigenvalue weighted by Crippen LogP contribution is -2.41. The van der Waals surface area contributed by atoms with Crippen LogP contribution in [-0.2, 0) is 6.61 Å². The first kappa shape index (κ1) is 24.0. The monoisotopic (exact) mass is 463 g/mol. The highest BCUT2D eigenvalue weighted by Crippen LogP contribution is 2.35. The number of benzene rings is 1. The number of hydrogen-bond acceptors (Lipinski definition) is 6. The Bertz CT molecular complexity index is 988. The topological polar surface area (TPSA) is 92.7 Å². The molecule has 1 aromatic heterocycles. The Kier molecular flexibility index (Phi) is 8.33. The molecule has 0 bridgehead atoms. The van der Waals surface area contributed by atoms with Crippen LogP contribution < -0.4 is 20.1 Å². The normalized spacial score (nSPS) is 21.6. The molecule has 2 aliphatic carbocycles. The SMILES string of the molecule is CCOc1nc(OCc2ccccc2)ccc1C(=O)NC[C@@H](O)CNC1CC2C=CC=CC2C1. The zero-order chi connectivity index (χ0) is 23.8. The highest BCUT2D eigenvalue weighted by molar-refractivity contribution is 5.96. The van der Waals surface area contributed by atoms with Gasteiger partial charge in [0.15, 0.2) is 0 Å². The van der Waals surface area contributed by atoms with Crippen LogP contribution in [0.1, 0.15) is 35.7 Å². The minimum absolute atomic E-state index is 0.142. The summed E-state index contributed by atoms with van der Waals surface area (Å²) in [7, 11) is 0. The van der Waals surface area contributed by atoms with Crippen LogP contribution in [0.3, 0.4) is 0 Å². The Labute approximate surface area is 200 Å². The number of carbonyl (C=O) groups is 1. The highest BCUT2D eigenvalue weighted by atomic mass is 16.5. The van der Waals surface area contributed by atoms with Crippen LogP contribution in [0, 0.1) is 11.8 Å². The van der Waals surface area contributed by atoms with E-state index in [-0.39, 0.29) is 18.3 Å². The van der Waals surface area contributed by atoms with Crippen molar-refractivity contribution in [3.63, 3.8) is 0 Å². The minimum Gasteiger partial charge on any atom is -0.477 e. The summed E-state index contributed by atoms with van der Waals surface area (Å²) < 4.78 is 11.3. The quantitative estimate of drug-likeness (QED) is 0.474. The second-order valence-corrected chi connectivity index (χ2v) is 8.75. The molecule has 2 aromatic rings. The van der Waals surface area contributed by atoms with E-state index in [9.17, 15) is 9.90 Å². The molecule has 2 aliphatic rings. The molecule has 1 amide bonds. The van der Waals surface area contributed by atoms with Gasteiger partial charge in [-0.2, -0.15) is 4.98 Å². The largest absolute Gasteiger partial charge is 0.477 e. The van der Waals surface area contributed by atoms with E-state index in [1.807, 2.05) is 37.3 Å². The fraction of sp³-hybridized carbons (Fsp3) is 0.407. The number of hydrogen-bond donors (Lipinski definition) is 3. The van der Waals surface area contributed by atoms with E-state index in [4.69, 9.17) is 9.47 Å². The van der Waals surface area contributed by atoms with Crippen molar-refractivity contribution >= 4 is 5.91 Å². The number of aliphatic hydroxyl groups excluding tert-OH is 1. The molecule has 1 heterocycles. The standard InChI is InChI=1S/C27H33N3O4/c1-2-33-27-24(12-13-25(30-27)34-18-19-8-4-3-5-9-19)26(32)29-17-23(31)16-28-22-14-20-10-6-7-11-21(20)15-22/h3-13,20-23,28,31H,2,14-18H2,1H3,(H,29,32)/t20?,21?,22?,23-/m0/s1. The van der Waals surface area contributed by atoms with E-state index in [0.29, 0.717) is 49.1 Å². The maximum absolute atomic E-state index is 12.7. The average Bonchev–Trinajstić information content (AvgIpc) is 3.29. The predicted molar refractivity (Wildman–Crippen MR) is 131 cm³/mol. The van der Waals surface area contributed by atoms with Crippen LogP contribution in [0.4, 0.5) is 0 Å². The lowest BCUT2D eigenvalue weighted by atomic mass is 9.92. The zero-order valence-electron chi connectivity index (χ0n) is 19.5. The number of ether oxygens (including phenoxy) is 2. The van der Waals surface area contributed by atoms with E-state index < -0.39 is 6.10 Å². The molecule has 1 saturated carbocycles. The van der Waals surface area contributed by atoms with Gasteiger partial charge in [0.1, 0.15) is 12.2 Å². The number of aliphatic hydroxyl groups is 1. The summed E-state index contributed by atoms with van der Waals surface area (Å²) in [6, 6.07) is 13.5. The highest BCUT2D eigenvalue weighted by Gasteiger charge is 2.31. The Morgan fingerprint density at radius 1 is 1.06 bits per heavy atom. The molecule has 2 unspecified atom stereocenters. The summed E-state index contributed by atoms with van der Waals surface area (Å²) in [6.07, 6.45) is 10.2. The molecular formula is C27H33N3O4. The van der Waals surface area contributed by atoms with E-state index in [0.717, 1.165) is 18.4 Å². The van der Waals surface area contributed by atoms with E-state index in [2.05, 4.69) is 39.9 Å². The van der Waals surface area contributed by atoms with E-state index in [1.54, 1.807) is 12.1 Å². The minimum atomic E-state index is -0.686. The number of carbonyl (C=O) groups excluding carboxylic acids is 1. The van der Waals surface area contributed by atoms with Crippen molar-refractivity contribution < 1.29 is 19.4 Å². The number of aromatic nitrogens is 1. The number of nitrogens with one attached hydrogen (secondary N) is 2. The molecule has 0 radical (unpaired) electrons. The van der Waals surface area contributed by atoms with Crippen molar-refractivity contribution in [1.82, 2.24) is 15.6 Å². The second-order valence-electron chi connectivity index (χ2n) is 8.75. The van der Waals surface area contributed by atoms with Crippen LogP contribution >= 0.6 is 0 Å². The first-order valence-corrected chi connectivity index (χ1v) is 12.0. The summed E-state index contributed by atoms with van der Waals surface area (Å²) in [4.78, 5) is 17.1. The van der Waals surface area contributed by atoms with Crippen molar-refractivity contribution in [3.05, 3.63) is 77.9 Å². The molecule has 3 atom stereocenters. The van der Waals surface area contributed by atoms with Gasteiger partial charge in [-0.05, 0) is 43.2 Å². The third-order valence-electron chi connectivity index (χ3n) is 6.22. The third-order valence-corrected chi connectivity index (χ3v) is 6.22. The molecule has 3 N–H and O–H groups in total. The van der Waals surface area contributed by atoms with Gasteiger partial charge in [-0.3, -0.25) is 4.79 Å². The van der Waals surface area contributed by atoms with Crippen molar-refractivity contribution in [3.8, 4) is 11.8 Å². The van der Waals surface area contributed by atoms with Gasteiger partial charge in [0.25, 0.3) is 5.91 Å². The smallest absolute Gasteiger partial charge is 0.256 e. The van der Waals surface area contributed by atoms with Crippen molar-refractivity contribution in [2.24, 2.45) is 11.8 Å². The number of fused-ring (bicyclic) bond motifs is 1. The molecule has 7 nitrogen and oxygen atoms in total. The molecule has 4 rings (SSSR count). The first-order valence-electron chi connectivity index (χ1n) is 12.0. The maximum atomic E-state index is 12.7. The number of nitrogens with zero attached hydrogens (tertiary/aromatic N) is 1. The molecule has 7 heteroatoms. The predicted octanol–water partition coefficient (Wildman–Crippen LogP) is 3.26. The second kappa shape index (κ2) is 11.8. The fourth-order valence-corrected chi connectivity index (χ4v) is 4.46. The average molecular weight is 464 g/mol. The Morgan fingerprint density at radius 2 is 1.79 bits per heavy atom. The summed E-state index contributed by atoms with van der Waals surface area (Å²) in [5, 5.41) is 16.6. The van der Waals surface area contributed by atoms with Crippen molar-refractivity contribution in [1.29, 1.82) is 0 Å². The summed E-state index contributed by atoms with van der Waals surface area (Å²) in [6.45, 7) is 3.15. The van der Waals surface area contributed by atoms with Crippen molar-refractivity contribution in [2.75, 3.05) is 19.7 Å². The molecule has 180 valence electrons. The van der Waals surface area contributed by atoms with Gasteiger partial charge in [-0.15, -0.1) is 0 Å². The van der Waals surface area contributed by atoms with Gasteiger partial charge in [-0.1, -0.05) is 54.6 Å². The van der Waals surface area contributed by atoms with Crippen LogP contribution in [-0.4, -0.2) is 47.8 Å². The molecule has 0 aliphatic heterocycles. The molecular weight excluding hydrogens is 430 g/mol. The summed E-state index contributed by atoms with van der Waals surface area (Å²) in [5.41, 5.74) is 1.34. The van der Waals surface area contributed by atoms with E-state index >= 15 is 0 Å². The Hall–Kier alpha value is -3.16. The van der Waals surface area contributed by atoms with Gasteiger partial charge in [0.2, 0.25) is 11.8 Å². The molecule has 1 aromatic carbocycles. The third kappa shape index (κ3) is 6.46. The lowest BCUT2D eigenvalue weighted by molar-refractivity contribution is 0.0909. The van der Waals surface area contributed by atoms with Gasteiger partial charge >= 0.3 is 0 Å². The molecule has 34 heavy (non-hydrogen) atoms. The molecule has 0 saturated heterocycles. The van der Waals surface area contributed by atoms with Crippen LogP contribution in [0.5, 0.6) is 11.8 Å². The zero-order valence-corrected chi connectivity index (χ0v) is 19.5. The summed E-state index contributed by atoms with van der Waals surface area (Å²) >= 11 is 0. The van der Waals surface area contributed by atoms with E-state index in [1.165, 1.54) is 0 Å². The Balaban J connectivity index is 1.26.